The van der Waals surface area contributed by atoms with Crippen molar-refractivity contribution in [1.29, 1.82) is 0 Å². The number of rotatable bonds is 3. The van der Waals surface area contributed by atoms with Crippen LogP contribution in [-0.2, 0) is 5.41 Å². The molecule has 5 heteroatoms. The first-order valence-corrected chi connectivity index (χ1v) is 6.16. The van der Waals surface area contributed by atoms with E-state index in [0.717, 1.165) is 17.2 Å². The lowest BCUT2D eigenvalue weighted by atomic mass is 9.95. The molecule has 0 fully saturated rings. The third-order valence-electron chi connectivity index (χ3n) is 2.73. The maximum atomic E-state index is 9.46. The van der Waals surface area contributed by atoms with Crippen LogP contribution in [-0.4, -0.2) is 34.8 Å². The molecular formula is C13H24N4O. The van der Waals surface area contributed by atoms with Gasteiger partial charge in [-0.05, 0) is 13.8 Å². The third-order valence-corrected chi connectivity index (χ3v) is 2.73. The van der Waals surface area contributed by atoms with Crippen LogP contribution in [0.3, 0.4) is 0 Å². The van der Waals surface area contributed by atoms with Crippen LogP contribution in [0.5, 0.6) is 0 Å². The van der Waals surface area contributed by atoms with Crippen LogP contribution in [0.4, 0.5) is 11.6 Å². The minimum absolute atomic E-state index is 0.151. The number of aromatic nitrogens is 2. The van der Waals surface area contributed by atoms with Gasteiger partial charge in [0.15, 0.2) is 0 Å². The van der Waals surface area contributed by atoms with E-state index in [-0.39, 0.29) is 5.41 Å². The van der Waals surface area contributed by atoms with E-state index in [9.17, 15) is 5.11 Å². The summed E-state index contributed by atoms with van der Waals surface area (Å²) in [6.45, 7) is 10.3. The summed E-state index contributed by atoms with van der Waals surface area (Å²) in [5.74, 6) is 2.01. The number of aliphatic hydroxyl groups is 1. The lowest BCUT2D eigenvalue weighted by molar-refractivity contribution is 0.201. The van der Waals surface area contributed by atoms with Crippen LogP contribution in [0.15, 0.2) is 0 Å². The number of hydrogen-bond acceptors (Lipinski definition) is 5. The molecule has 0 amide bonds. The molecule has 1 heterocycles. The molecule has 1 unspecified atom stereocenters. The smallest absolute Gasteiger partial charge is 0.138 e. The third kappa shape index (κ3) is 3.32. The fraction of sp³-hybridized carbons (Fsp3) is 0.692. The summed E-state index contributed by atoms with van der Waals surface area (Å²) in [7, 11) is 1.90. The predicted octanol–water partition coefficient (Wildman–Crippen LogP) is 1.48. The highest BCUT2D eigenvalue weighted by atomic mass is 16.3. The molecule has 0 aliphatic heterocycles. The van der Waals surface area contributed by atoms with E-state index in [1.54, 1.807) is 6.92 Å². The van der Waals surface area contributed by atoms with E-state index >= 15 is 0 Å². The number of nitrogens with two attached hydrogens (primary N) is 1. The van der Waals surface area contributed by atoms with E-state index in [1.807, 2.05) is 18.9 Å². The summed E-state index contributed by atoms with van der Waals surface area (Å²) in [4.78, 5) is 10.8. The van der Waals surface area contributed by atoms with Gasteiger partial charge in [0.1, 0.15) is 17.5 Å². The normalized spacial score (nSPS) is 13.5. The highest BCUT2D eigenvalue weighted by molar-refractivity contribution is 5.56. The van der Waals surface area contributed by atoms with Crippen LogP contribution in [0.1, 0.15) is 39.1 Å². The van der Waals surface area contributed by atoms with E-state index in [2.05, 4.69) is 30.7 Å². The Hall–Kier alpha value is -1.36. The van der Waals surface area contributed by atoms with Crippen molar-refractivity contribution in [2.75, 3.05) is 24.2 Å². The number of likely N-dealkylation sites (N-methyl/N-ethyl adjacent to an activating group) is 1. The Bertz CT molecular complexity index is 424. The zero-order valence-corrected chi connectivity index (χ0v) is 12.2. The molecule has 0 saturated carbocycles. The second-order valence-electron chi connectivity index (χ2n) is 5.86. The Kier molecular flexibility index (Phi) is 4.16. The molecule has 1 aromatic heterocycles. The molecule has 0 aromatic carbocycles. The van der Waals surface area contributed by atoms with Crippen LogP contribution >= 0.6 is 0 Å². The van der Waals surface area contributed by atoms with Crippen molar-refractivity contribution in [2.24, 2.45) is 0 Å². The summed E-state index contributed by atoms with van der Waals surface area (Å²) >= 11 is 0. The second-order valence-corrected chi connectivity index (χ2v) is 5.86. The highest BCUT2D eigenvalue weighted by Crippen LogP contribution is 2.26. The number of aliphatic hydroxyl groups excluding tert-OH is 1. The topological polar surface area (TPSA) is 75.3 Å². The predicted molar refractivity (Wildman–Crippen MR) is 74.8 cm³/mol. The largest absolute Gasteiger partial charge is 0.392 e. The lowest BCUT2D eigenvalue weighted by Crippen LogP contribution is -2.30. The van der Waals surface area contributed by atoms with Gasteiger partial charge >= 0.3 is 0 Å². The average Bonchev–Trinajstić information content (AvgIpc) is 2.18. The van der Waals surface area contributed by atoms with Crippen LogP contribution in [0.25, 0.3) is 0 Å². The first-order valence-electron chi connectivity index (χ1n) is 6.16. The summed E-state index contributed by atoms with van der Waals surface area (Å²) in [6, 6.07) is 0. The first kappa shape index (κ1) is 14.7. The molecular weight excluding hydrogens is 228 g/mol. The van der Waals surface area contributed by atoms with Crippen molar-refractivity contribution >= 4 is 11.6 Å². The van der Waals surface area contributed by atoms with Crippen LogP contribution in [0.2, 0.25) is 0 Å². The van der Waals surface area contributed by atoms with Gasteiger partial charge in [0, 0.05) is 24.6 Å². The van der Waals surface area contributed by atoms with E-state index < -0.39 is 6.10 Å². The summed E-state index contributed by atoms with van der Waals surface area (Å²) < 4.78 is 0. The van der Waals surface area contributed by atoms with Gasteiger partial charge in [-0.25, -0.2) is 9.97 Å². The standard InChI is InChI=1S/C13H24N4O/c1-8(18)7-17(6)11-9(2)10(14)15-12(16-11)13(3,4)5/h8,18H,7H2,1-6H3,(H2,14,15,16). The van der Waals surface area contributed by atoms with Crippen molar-refractivity contribution in [3.05, 3.63) is 11.4 Å². The van der Waals surface area contributed by atoms with Gasteiger partial charge in [0.2, 0.25) is 0 Å². The number of nitrogens with zero attached hydrogens (tertiary/aromatic N) is 3. The average molecular weight is 252 g/mol. The minimum atomic E-state index is -0.413. The Labute approximate surface area is 109 Å². The maximum absolute atomic E-state index is 9.46. The van der Waals surface area contributed by atoms with Crippen LogP contribution in [0, 0.1) is 6.92 Å². The van der Waals surface area contributed by atoms with Gasteiger partial charge < -0.3 is 15.7 Å². The monoisotopic (exact) mass is 252 g/mol. The molecule has 0 saturated heterocycles. The van der Waals surface area contributed by atoms with E-state index in [1.165, 1.54) is 0 Å². The van der Waals surface area contributed by atoms with Crippen LogP contribution < -0.4 is 10.6 Å². The van der Waals surface area contributed by atoms with Gasteiger partial charge in [-0.2, -0.15) is 0 Å². The highest BCUT2D eigenvalue weighted by Gasteiger charge is 2.21. The van der Waals surface area contributed by atoms with Crippen molar-refractivity contribution in [3.8, 4) is 0 Å². The number of nitrogen functional groups attached to an aromatic ring is 1. The molecule has 0 aliphatic carbocycles. The van der Waals surface area contributed by atoms with E-state index in [0.29, 0.717) is 12.4 Å². The minimum Gasteiger partial charge on any atom is -0.392 e. The molecule has 1 rings (SSSR count). The number of anilines is 2. The lowest BCUT2D eigenvalue weighted by Gasteiger charge is -2.25. The quantitative estimate of drug-likeness (QED) is 0.852. The Morgan fingerprint density at radius 2 is 1.89 bits per heavy atom. The molecule has 1 aromatic rings. The SMILES string of the molecule is Cc1c(N)nc(C(C)(C)C)nc1N(C)CC(C)O. The van der Waals surface area contributed by atoms with Crippen molar-refractivity contribution in [1.82, 2.24) is 9.97 Å². The molecule has 3 N–H and O–H groups in total. The molecule has 18 heavy (non-hydrogen) atoms. The van der Waals surface area contributed by atoms with Gasteiger partial charge in [0.05, 0.1) is 6.10 Å². The Morgan fingerprint density at radius 3 is 2.33 bits per heavy atom. The Balaban J connectivity index is 3.22. The summed E-state index contributed by atoms with van der Waals surface area (Å²) in [5.41, 5.74) is 6.65. The molecule has 0 spiro atoms. The van der Waals surface area contributed by atoms with Gasteiger partial charge in [-0.1, -0.05) is 20.8 Å². The summed E-state index contributed by atoms with van der Waals surface area (Å²) in [5, 5.41) is 9.46. The van der Waals surface area contributed by atoms with Gasteiger partial charge in [-0.15, -0.1) is 0 Å². The van der Waals surface area contributed by atoms with Gasteiger partial charge in [-0.3, -0.25) is 0 Å². The molecule has 1 atom stereocenters. The molecule has 0 radical (unpaired) electrons. The molecule has 5 nitrogen and oxygen atoms in total. The van der Waals surface area contributed by atoms with Gasteiger partial charge in [0.25, 0.3) is 0 Å². The Morgan fingerprint density at radius 1 is 1.33 bits per heavy atom. The second kappa shape index (κ2) is 5.10. The fourth-order valence-corrected chi connectivity index (χ4v) is 1.71. The molecule has 0 aliphatic rings. The zero-order chi connectivity index (χ0) is 14.1. The van der Waals surface area contributed by atoms with Crippen molar-refractivity contribution in [3.63, 3.8) is 0 Å². The van der Waals surface area contributed by atoms with Crippen molar-refractivity contribution < 1.29 is 5.11 Å². The first-order chi connectivity index (χ1) is 8.12. The molecule has 102 valence electrons. The fourth-order valence-electron chi connectivity index (χ4n) is 1.71. The van der Waals surface area contributed by atoms with E-state index in [4.69, 9.17) is 5.73 Å². The maximum Gasteiger partial charge on any atom is 0.138 e. The summed E-state index contributed by atoms with van der Waals surface area (Å²) in [6.07, 6.45) is -0.413. The molecule has 0 bridgehead atoms. The van der Waals surface area contributed by atoms with Crippen molar-refractivity contribution in [2.45, 2.75) is 46.1 Å². The zero-order valence-electron chi connectivity index (χ0n) is 12.2. The number of hydrogen-bond donors (Lipinski definition) is 2.